The molecule has 0 radical (unpaired) electrons. The Bertz CT molecular complexity index is 475. The van der Waals surface area contributed by atoms with Gasteiger partial charge in [-0.3, -0.25) is 0 Å². The topological polar surface area (TPSA) is 25.2 Å². The fraction of sp³-hybridized carbons (Fsp3) is 0.286. The van der Waals surface area contributed by atoms with Gasteiger partial charge in [-0.15, -0.1) is 0 Å². The maximum Gasteiger partial charge on any atom is 0.123 e. The van der Waals surface area contributed by atoms with Gasteiger partial charge in [0.1, 0.15) is 11.6 Å². The Balaban J connectivity index is 2.31. The molecule has 1 heterocycles. The zero-order valence-corrected chi connectivity index (χ0v) is 10.0. The highest BCUT2D eigenvalue weighted by molar-refractivity contribution is 5.30. The molecule has 1 aromatic heterocycles. The lowest BCUT2D eigenvalue weighted by atomic mass is 10.0. The number of hydrogen-bond acceptors (Lipinski definition) is 2. The maximum atomic E-state index is 12.9. The molecule has 2 rings (SSSR count). The summed E-state index contributed by atoms with van der Waals surface area (Å²) in [7, 11) is 0. The summed E-state index contributed by atoms with van der Waals surface area (Å²) in [4.78, 5) is 0. The highest BCUT2D eigenvalue weighted by Gasteiger charge is 2.14. The quantitative estimate of drug-likeness (QED) is 0.875. The van der Waals surface area contributed by atoms with Crippen molar-refractivity contribution in [3.8, 4) is 0 Å². The molecule has 0 aliphatic heterocycles. The van der Waals surface area contributed by atoms with Crippen LogP contribution in [0.3, 0.4) is 0 Å². The van der Waals surface area contributed by atoms with Crippen molar-refractivity contribution in [3.63, 3.8) is 0 Å². The molecule has 17 heavy (non-hydrogen) atoms. The van der Waals surface area contributed by atoms with Gasteiger partial charge < -0.3 is 9.73 Å². The van der Waals surface area contributed by atoms with Crippen molar-refractivity contribution >= 4 is 0 Å². The summed E-state index contributed by atoms with van der Waals surface area (Å²) in [6.45, 7) is 4.80. The van der Waals surface area contributed by atoms with Crippen LogP contribution in [0, 0.1) is 12.7 Å². The van der Waals surface area contributed by atoms with Gasteiger partial charge in [0.15, 0.2) is 0 Å². The number of furan rings is 1. The lowest BCUT2D eigenvalue weighted by Crippen LogP contribution is -2.21. The number of rotatable bonds is 4. The number of halogens is 1. The second kappa shape index (κ2) is 5.15. The molecule has 0 aliphatic carbocycles. The first-order valence-corrected chi connectivity index (χ1v) is 5.74. The predicted octanol–water partition coefficient (Wildman–Crippen LogP) is 3.43. The molecule has 0 bridgehead atoms. The van der Waals surface area contributed by atoms with E-state index < -0.39 is 0 Å². The van der Waals surface area contributed by atoms with Gasteiger partial charge in [-0.25, -0.2) is 4.39 Å². The molecule has 0 saturated heterocycles. The van der Waals surface area contributed by atoms with E-state index in [-0.39, 0.29) is 11.9 Å². The monoisotopic (exact) mass is 233 g/mol. The van der Waals surface area contributed by atoms with Crippen LogP contribution < -0.4 is 5.32 Å². The third-order valence-electron chi connectivity index (χ3n) is 2.70. The maximum absolute atomic E-state index is 12.9. The fourth-order valence-corrected chi connectivity index (χ4v) is 1.90. The van der Waals surface area contributed by atoms with Crippen LogP contribution in [-0.4, -0.2) is 6.54 Å². The number of aryl methyl sites for hydroxylation is 1. The first kappa shape index (κ1) is 11.9. The van der Waals surface area contributed by atoms with E-state index in [1.807, 2.05) is 19.9 Å². The van der Waals surface area contributed by atoms with Crippen LogP contribution in [0.2, 0.25) is 0 Å². The predicted molar refractivity (Wildman–Crippen MR) is 65.4 cm³/mol. The van der Waals surface area contributed by atoms with Gasteiger partial charge in [0.25, 0.3) is 0 Å². The van der Waals surface area contributed by atoms with Crippen molar-refractivity contribution in [1.29, 1.82) is 0 Å². The summed E-state index contributed by atoms with van der Waals surface area (Å²) in [6.07, 6.45) is 1.74. The van der Waals surface area contributed by atoms with Crippen molar-refractivity contribution in [2.75, 3.05) is 6.54 Å². The largest absolute Gasteiger partial charge is 0.469 e. The minimum absolute atomic E-state index is 0.0537. The van der Waals surface area contributed by atoms with Crippen LogP contribution in [0.4, 0.5) is 4.39 Å². The smallest absolute Gasteiger partial charge is 0.123 e. The Morgan fingerprint density at radius 2 is 1.94 bits per heavy atom. The zero-order chi connectivity index (χ0) is 12.3. The highest BCUT2D eigenvalue weighted by Crippen LogP contribution is 2.23. The third-order valence-corrected chi connectivity index (χ3v) is 2.70. The number of benzene rings is 1. The molecule has 0 saturated carbocycles. The fourth-order valence-electron chi connectivity index (χ4n) is 1.90. The van der Waals surface area contributed by atoms with Gasteiger partial charge in [0.05, 0.1) is 12.3 Å². The number of hydrogen-bond donors (Lipinski definition) is 1. The van der Waals surface area contributed by atoms with E-state index in [9.17, 15) is 4.39 Å². The second-order valence-electron chi connectivity index (χ2n) is 4.03. The minimum atomic E-state index is -0.215. The van der Waals surface area contributed by atoms with E-state index in [2.05, 4.69) is 5.32 Å². The molecule has 1 unspecified atom stereocenters. The highest BCUT2D eigenvalue weighted by atomic mass is 19.1. The second-order valence-corrected chi connectivity index (χ2v) is 4.03. The SMILES string of the molecule is CCNC(c1ccc(F)cc1)c1coc(C)c1. The molecule has 0 aliphatic rings. The summed E-state index contributed by atoms with van der Waals surface area (Å²) < 4.78 is 18.2. The molecule has 1 aromatic carbocycles. The Hall–Kier alpha value is -1.61. The summed E-state index contributed by atoms with van der Waals surface area (Å²) in [5.74, 6) is 0.664. The van der Waals surface area contributed by atoms with Gasteiger partial charge >= 0.3 is 0 Å². The van der Waals surface area contributed by atoms with Gasteiger partial charge in [-0.2, -0.15) is 0 Å². The Kier molecular flexibility index (Phi) is 3.59. The summed E-state index contributed by atoms with van der Waals surface area (Å²) in [5.41, 5.74) is 2.10. The van der Waals surface area contributed by atoms with E-state index >= 15 is 0 Å². The number of nitrogens with one attached hydrogen (secondary N) is 1. The molecule has 0 fully saturated rings. The normalized spacial score (nSPS) is 12.6. The Morgan fingerprint density at radius 3 is 2.47 bits per heavy atom. The Morgan fingerprint density at radius 1 is 1.24 bits per heavy atom. The van der Waals surface area contributed by atoms with E-state index in [4.69, 9.17) is 4.42 Å². The van der Waals surface area contributed by atoms with Crippen LogP contribution in [0.25, 0.3) is 0 Å². The van der Waals surface area contributed by atoms with Crippen LogP contribution >= 0.6 is 0 Å². The molecule has 1 N–H and O–H groups in total. The first-order chi connectivity index (χ1) is 8.20. The lowest BCUT2D eigenvalue weighted by molar-refractivity contribution is 0.525. The van der Waals surface area contributed by atoms with Crippen molar-refractivity contribution in [1.82, 2.24) is 5.32 Å². The minimum Gasteiger partial charge on any atom is -0.469 e. The Labute approximate surface area is 100 Å². The summed E-state index contributed by atoms with van der Waals surface area (Å²) in [5, 5.41) is 3.37. The zero-order valence-electron chi connectivity index (χ0n) is 10.0. The molecule has 2 aromatic rings. The van der Waals surface area contributed by atoms with Gasteiger partial charge in [0, 0.05) is 5.56 Å². The molecular weight excluding hydrogens is 217 g/mol. The molecule has 2 nitrogen and oxygen atoms in total. The van der Waals surface area contributed by atoms with Gasteiger partial charge in [0.2, 0.25) is 0 Å². The van der Waals surface area contributed by atoms with Crippen molar-refractivity contribution in [3.05, 3.63) is 59.3 Å². The van der Waals surface area contributed by atoms with E-state index in [1.54, 1.807) is 18.4 Å². The van der Waals surface area contributed by atoms with E-state index in [0.717, 1.165) is 23.4 Å². The van der Waals surface area contributed by atoms with Crippen LogP contribution in [0.5, 0.6) is 0 Å². The van der Waals surface area contributed by atoms with Crippen molar-refractivity contribution < 1.29 is 8.81 Å². The third kappa shape index (κ3) is 2.74. The summed E-state index contributed by atoms with van der Waals surface area (Å²) >= 11 is 0. The average molecular weight is 233 g/mol. The van der Waals surface area contributed by atoms with E-state index in [0.29, 0.717) is 0 Å². The van der Waals surface area contributed by atoms with Crippen LogP contribution in [0.15, 0.2) is 41.0 Å². The molecule has 0 spiro atoms. The first-order valence-electron chi connectivity index (χ1n) is 5.74. The lowest BCUT2D eigenvalue weighted by Gasteiger charge is -2.16. The van der Waals surface area contributed by atoms with Crippen molar-refractivity contribution in [2.45, 2.75) is 19.9 Å². The molecule has 1 atom stereocenters. The molecular formula is C14H16FNO. The molecule has 3 heteroatoms. The van der Waals surface area contributed by atoms with Crippen LogP contribution in [0.1, 0.15) is 29.9 Å². The molecule has 0 amide bonds. The van der Waals surface area contributed by atoms with Crippen molar-refractivity contribution in [2.24, 2.45) is 0 Å². The molecule has 90 valence electrons. The van der Waals surface area contributed by atoms with E-state index in [1.165, 1.54) is 12.1 Å². The average Bonchev–Trinajstić information content (AvgIpc) is 2.74. The van der Waals surface area contributed by atoms with Gasteiger partial charge in [-0.1, -0.05) is 19.1 Å². The summed E-state index contributed by atoms with van der Waals surface area (Å²) in [6, 6.07) is 8.60. The van der Waals surface area contributed by atoms with Crippen LogP contribution in [-0.2, 0) is 0 Å². The van der Waals surface area contributed by atoms with Gasteiger partial charge in [-0.05, 0) is 37.2 Å². The standard InChI is InChI=1S/C14H16FNO/c1-3-16-14(12-8-10(2)17-9-12)11-4-6-13(15)7-5-11/h4-9,14,16H,3H2,1-2H3.